The summed E-state index contributed by atoms with van der Waals surface area (Å²) in [7, 11) is 0. The van der Waals surface area contributed by atoms with E-state index in [1.54, 1.807) is 24.4 Å². The fraction of sp³-hybridized carbons (Fsp3) is 0.125. The highest BCUT2D eigenvalue weighted by Gasteiger charge is 2.42. The predicted octanol–water partition coefficient (Wildman–Crippen LogP) is 7.43. The monoisotopic (exact) mass is 593 g/mol. The van der Waals surface area contributed by atoms with E-state index in [9.17, 15) is 15.2 Å². The number of hydrogen-bond donors (Lipinski definition) is 2. The van der Waals surface area contributed by atoms with E-state index >= 15 is 0 Å². The minimum Gasteiger partial charge on any atom is -0.506 e. The van der Waals surface area contributed by atoms with Gasteiger partial charge in [-0.25, -0.2) is 0 Å². The van der Waals surface area contributed by atoms with E-state index in [0.717, 1.165) is 43.8 Å². The number of aryl methyl sites for hydroxylation is 1. The molecule has 42 heavy (non-hydrogen) atoms. The molecule has 0 amide bonds. The maximum atomic E-state index is 11.0. The number of aromatic nitrogens is 2. The second-order valence-electron chi connectivity index (χ2n) is 9.99. The Morgan fingerprint density at radius 3 is 2.26 bits per heavy atom. The molecule has 5 aromatic rings. The molecule has 0 bridgehead atoms. The van der Waals surface area contributed by atoms with Crippen LogP contribution in [0.1, 0.15) is 34.7 Å². The van der Waals surface area contributed by atoms with Gasteiger partial charge in [-0.05, 0) is 98.4 Å². The van der Waals surface area contributed by atoms with Gasteiger partial charge in [0.25, 0.3) is 5.69 Å². The van der Waals surface area contributed by atoms with Gasteiger partial charge in [-0.1, -0.05) is 30.0 Å². The standard InChI is InChI=1S/C32H27N5O3S2/c1-20-19-26(21(2)35(20)28-8-3-4-9-29(28)38)31-30(27-7-5-6-18-33-27)34-32(41)36(31)22-10-14-24(15-11-22)42-25-16-12-23(13-17-25)37(39)40/h3-19,30-31,38H,1-2H3,(H,34,41). The molecule has 10 heteroatoms. The van der Waals surface area contributed by atoms with Crippen molar-refractivity contribution in [3.05, 3.63) is 136 Å². The van der Waals surface area contributed by atoms with Crippen LogP contribution in [0.4, 0.5) is 11.4 Å². The Labute approximate surface area is 252 Å². The fourth-order valence-corrected chi connectivity index (χ4v) is 6.67. The number of pyridine rings is 1. The van der Waals surface area contributed by atoms with Crippen LogP contribution in [0.25, 0.3) is 5.69 Å². The van der Waals surface area contributed by atoms with Gasteiger partial charge in [0.1, 0.15) is 5.75 Å². The summed E-state index contributed by atoms with van der Waals surface area (Å²) >= 11 is 7.46. The molecule has 0 spiro atoms. The fourth-order valence-electron chi connectivity index (χ4n) is 5.51. The number of benzene rings is 3. The molecule has 1 saturated heterocycles. The molecule has 0 saturated carbocycles. The van der Waals surface area contributed by atoms with Gasteiger partial charge < -0.3 is 19.9 Å². The largest absolute Gasteiger partial charge is 0.506 e. The molecule has 2 unspecified atom stereocenters. The summed E-state index contributed by atoms with van der Waals surface area (Å²) in [6.45, 7) is 4.10. The lowest BCUT2D eigenvalue weighted by molar-refractivity contribution is -0.384. The van der Waals surface area contributed by atoms with Crippen molar-refractivity contribution in [2.75, 3.05) is 4.90 Å². The molecule has 1 aliphatic heterocycles. The zero-order valence-electron chi connectivity index (χ0n) is 22.8. The SMILES string of the molecule is Cc1cc(C2C(c3ccccn3)NC(=S)N2c2ccc(Sc3ccc([N+](=O)[O-])cc3)cc2)c(C)n1-c1ccccc1O. The first-order chi connectivity index (χ1) is 20.3. The number of thiocarbonyl (C=S) groups is 1. The van der Waals surface area contributed by atoms with Crippen molar-refractivity contribution in [1.29, 1.82) is 0 Å². The highest BCUT2D eigenvalue weighted by Crippen LogP contribution is 2.44. The van der Waals surface area contributed by atoms with E-state index in [-0.39, 0.29) is 23.5 Å². The number of anilines is 1. The van der Waals surface area contributed by atoms with E-state index in [2.05, 4.69) is 32.8 Å². The summed E-state index contributed by atoms with van der Waals surface area (Å²) in [6.07, 6.45) is 1.79. The lowest BCUT2D eigenvalue weighted by Crippen LogP contribution is -2.29. The van der Waals surface area contributed by atoms with Crippen molar-refractivity contribution in [2.45, 2.75) is 35.7 Å². The third kappa shape index (κ3) is 5.10. The summed E-state index contributed by atoms with van der Waals surface area (Å²) in [5, 5.41) is 25.8. The second-order valence-corrected chi connectivity index (χ2v) is 11.5. The van der Waals surface area contributed by atoms with Crippen LogP contribution in [0.2, 0.25) is 0 Å². The van der Waals surface area contributed by atoms with Gasteiger partial charge in [-0.15, -0.1) is 0 Å². The summed E-state index contributed by atoms with van der Waals surface area (Å²) in [5.41, 5.74) is 5.67. The number of hydrogen-bond acceptors (Lipinski definition) is 6. The molecule has 0 aliphatic carbocycles. The number of phenols is 1. The summed E-state index contributed by atoms with van der Waals surface area (Å²) in [6, 6.07) is 29.6. The van der Waals surface area contributed by atoms with Crippen molar-refractivity contribution in [2.24, 2.45) is 0 Å². The zero-order chi connectivity index (χ0) is 29.4. The van der Waals surface area contributed by atoms with Gasteiger partial charge in [-0.3, -0.25) is 15.1 Å². The number of non-ortho nitro benzene ring substituents is 1. The van der Waals surface area contributed by atoms with Crippen molar-refractivity contribution in [3.8, 4) is 11.4 Å². The van der Waals surface area contributed by atoms with Gasteiger partial charge in [-0.2, -0.15) is 0 Å². The molecule has 2 aromatic heterocycles. The lowest BCUT2D eigenvalue weighted by atomic mass is 9.96. The van der Waals surface area contributed by atoms with Crippen LogP contribution < -0.4 is 10.2 Å². The van der Waals surface area contributed by atoms with Crippen LogP contribution in [0.3, 0.4) is 0 Å². The summed E-state index contributed by atoms with van der Waals surface area (Å²) in [5.74, 6) is 0.213. The van der Waals surface area contributed by atoms with Crippen LogP contribution in [0.15, 0.2) is 113 Å². The third-order valence-corrected chi connectivity index (χ3v) is 8.74. The van der Waals surface area contributed by atoms with Crippen molar-refractivity contribution in [3.63, 3.8) is 0 Å². The summed E-state index contributed by atoms with van der Waals surface area (Å²) in [4.78, 5) is 19.3. The van der Waals surface area contributed by atoms with Gasteiger partial charge in [0.2, 0.25) is 0 Å². The Morgan fingerprint density at radius 2 is 1.62 bits per heavy atom. The molecular weight excluding hydrogens is 567 g/mol. The summed E-state index contributed by atoms with van der Waals surface area (Å²) < 4.78 is 2.07. The number of nitro groups is 1. The van der Waals surface area contributed by atoms with Crippen molar-refractivity contribution < 1.29 is 10.0 Å². The first-order valence-electron chi connectivity index (χ1n) is 13.3. The number of nitro benzene ring substituents is 1. The molecule has 1 aliphatic rings. The average Bonchev–Trinajstić information content (AvgIpc) is 3.49. The molecule has 2 atom stereocenters. The van der Waals surface area contributed by atoms with E-state index in [4.69, 9.17) is 12.2 Å². The molecular formula is C32H27N5O3S2. The highest BCUT2D eigenvalue weighted by atomic mass is 32.2. The first kappa shape index (κ1) is 27.5. The minimum absolute atomic E-state index is 0.0695. The van der Waals surface area contributed by atoms with Gasteiger partial charge >= 0.3 is 0 Å². The molecule has 1 fully saturated rings. The van der Waals surface area contributed by atoms with E-state index in [1.165, 1.54) is 23.9 Å². The normalized spacial score (nSPS) is 16.4. The smallest absolute Gasteiger partial charge is 0.269 e. The number of aromatic hydroxyl groups is 1. The number of nitrogens with one attached hydrogen (secondary N) is 1. The maximum absolute atomic E-state index is 11.0. The molecule has 6 rings (SSSR count). The maximum Gasteiger partial charge on any atom is 0.269 e. The second kappa shape index (κ2) is 11.3. The molecule has 210 valence electrons. The number of rotatable bonds is 7. The minimum atomic E-state index is -0.398. The van der Waals surface area contributed by atoms with Crippen LogP contribution in [0, 0.1) is 24.0 Å². The Bertz CT molecular complexity index is 1770. The Hall–Kier alpha value is -4.67. The topological polar surface area (TPSA) is 96.5 Å². The quantitative estimate of drug-likeness (QED) is 0.114. The van der Waals surface area contributed by atoms with Crippen LogP contribution in [-0.4, -0.2) is 24.7 Å². The number of nitrogens with zero attached hydrogens (tertiary/aromatic N) is 4. The Balaban J connectivity index is 1.38. The zero-order valence-corrected chi connectivity index (χ0v) is 24.5. The van der Waals surface area contributed by atoms with Gasteiger partial charge in [0.15, 0.2) is 5.11 Å². The molecule has 8 nitrogen and oxygen atoms in total. The van der Waals surface area contributed by atoms with E-state index in [1.807, 2.05) is 67.6 Å². The van der Waals surface area contributed by atoms with Crippen LogP contribution in [-0.2, 0) is 0 Å². The van der Waals surface area contributed by atoms with Crippen molar-refractivity contribution in [1.82, 2.24) is 14.9 Å². The van der Waals surface area contributed by atoms with Crippen LogP contribution >= 0.6 is 24.0 Å². The Morgan fingerprint density at radius 1 is 0.952 bits per heavy atom. The lowest BCUT2D eigenvalue weighted by Gasteiger charge is -2.28. The van der Waals surface area contributed by atoms with Gasteiger partial charge in [0.05, 0.1) is 28.4 Å². The first-order valence-corrected chi connectivity index (χ1v) is 14.5. The predicted molar refractivity (Wildman–Crippen MR) is 169 cm³/mol. The number of para-hydroxylation sites is 2. The van der Waals surface area contributed by atoms with Crippen LogP contribution in [0.5, 0.6) is 5.75 Å². The average molecular weight is 594 g/mol. The Kier molecular flexibility index (Phi) is 7.40. The highest BCUT2D eigenvalue weighted by molar-refractivity contribution is 7.99. The van der Waals surface area contributed by atoms with E-state index in [0.29, 0.717) is 5.11 Å². The third-order valence-electron chi connectivity index (χ3n) is 7.41. The molecule has 3 aromatic carbocycles. The van der Waals surface area contributed by atoms with E-state index < -0.39 is 4.92 Å². The molecule has 2 N–H and O–H groups in total. The van der Waals surface area contributed by atoms with Gasteiger partial charge in [0, 0.05) is 45.2 Å². The van der Waals surface area contributed by atoms with Crippen molar-refractivity contribution >= 4 is 40.5 Å². The number of phenolic OH excluding ortho intramolecular Hbond substituents is 1. The molecule has 3 heterocycles. The molecule has 0 radical (unpaired) electrons.